The minimum Gasteiger partial charge on any atom is -0.494 e. The molecule has 0 amide bonds. The van der Waals surface area contributed by atoms with E-state index in [2.05, 4.69) is 78.1 Å². The highest BCUT2D eigenvalue weighted by molar-refractivity contribution is 5.73. The predicted molar refractivity (Wildman–Crippen MR) is 138 cm³/mol. The number of aryl methyl sites for hydroxylation is 1. The molecule has 0 atom stereocenters. The van der Waals surface area contributed by atoms with E-state index in [9.17, 15) is 18.0 Å². The van der Waals surface area contributed by atoms with Gasteiger partial charge in [0.05, 0.1) is 13.0 Å². The van der Waals surface area contributed by atoms with E-state index in [0.29, 0.717) is 19.1 Å². The number of nitrogens with one attached hydrogen (secondary N) is 1. The molecule has 38 heavy (non-hydrogen) atoms. The number of benzene rings is 3. The molecule has 0 radical (unpaired) electrons. The summed E-state index contributed by atoms with van der Waals surface area (Å²) < 4.78 is 37.8. The summed E-state index contributed by atoms with van der Waals surface area (Å²) in [6.07, 6.45) is -2.06. The smallest absolute Gasteiger partial charge is 0.490 e. The molecule has 0 bridgehead atoms. The number of alkyl halides is 3. The Hall–Kier alpha value is -3.85. The highest BCUT2D eigenvalue weighted by atomic mass is 19.4. The van der Waals surface area contributed by atoms with Crippen molar-refractivity contribution in [1.29, 1.82) is 0 Å². The molecule has 0 aliphatic heterocycles. The molecule has 3 aromatic carbocycles. The number of rotatable bonds is 13. The molecule has 0 heterocycles. The maximum absolute atomic E-state index is 10.6. The minimum atomic E-state index is -5.08. The third-order valence-corrected chi connectivity index (χ3v) is 5.58. The first kappa shape index (κ1) is 30.4. The Labute approximate surface area is 220 Å². The van der Waals surface area contributed by atoms with Crippen LogP contribution in [0.25, 0.3) is 0 Å². The van der Waals surface area contributed by atoms with Crippen LogP contribution in [0, 0.1) is 0 Å². The SMILES string of the molecule is O=C(O)C(F)(F)F.O=C(O)CCNCCCc1ccc(OCCC(c2ccccc2)c2ccccc2)cc1. The number of carbonyl (C=O) groups is 2. The second-order valence-corrected chi connectivity index (χ2v) is 8.46. The zero-order chi connectivity index (χ0) is 27.8. The van der Waals surface area contributed by atoms with E-state index in [1.165, 1.54) is 16.7 Å². The number of halogens is 3. The zero-order valence-electron chi connectivity index (χ0n) is 20.9. The van der Waals surface area contributed by atoms with Gasteiger partial charge < -0.3 is 20.3 Å². The second-order valence-electron chi connectivity index (χ2n) is 8.46. The van der Waals surface area contributed by atoms with Crippen LogP contribution in [0.2, 0.25) is 0 Å². The molecule has 3 N–H and O–H groups in total. The topological polar surface area (TPSA) is 95.9 Å². The lowest BCUT2D eigenvalue weighted by Gasteiger charge is -2.18. The van der Waals surface area contributed by atoms with Gasteiger partial charge in [0, 0.05) is 12.5 Å². The van der Waals surface area contributed by atoms with Crippen molar-refractivity contribution in [3.05, 3.63) is 102 Å². The zero-order valence-corrected chi connectivity index (χ0v) is 20.9. The van der Waals surface area contributed by atoms with E-state index in [0.717, 1.165) is 31.6 Å². The molecular formula is C29H32F3NO5. The van der Waals surface area contributed by atoms with Crippen molar-refractivity contribution in [3.8, 4) is 5.75 Å². The number of hydrogen-bond donors (Lipinski definition) is 3. The van der Waals surface area contributed by atoms with Crippen LogP contribution in [-0.2, 0) is 16.0 Å². The van der Waals surface area contributed by atoms with E-state index in [4.69, 9.17) is 19.7 Å². The van der Waals surface area contributed by atoms with E-state index in [1.54, 1.807) is 0 Å². The largest absolute Gasteiger partial charge is 0.494 e. The van der Waals surface area contributed by atoms with Crippen molar-refractivity contribution in [3.63, 3.8) is 0 Å². The van der Waals surface area contributed by atoms with Crippen LogP contribution in [0.4, 0.5) is 13.2 Å². The fourth-order valence-electron chi connectivity index (χ4n) is 3.68. The Morgan fingerprint density at radius 3 is 1.82 bits per heavy atom. The van der Waals surface area contributed by atoms with E-state index in [-0.39, 0.29) is 6.42 Å². The summed E-state index contributed by atoms with van der Waals surface area (Å²) in [6, 6.07) is 29.5. The molecular weight excluding hydrogens is 499 g/mol. The Morgan fingerprint density at radius 2 is 1.34 bits per heavy atom. The van der Waals surface area contributed by atoms with Gasteiger partial charge in [0.15, 0.2) is 0 Å². The van der Waals surface area contributed by atoms with E-state index >= 15 is 0 Å². The first-order valence-corrected chi connectivity index (χ1v) is 12.2. The Balaban J connectivity index is 0.000000638. The first-order valence-electron chi connectivity index (χ1n) is 12.2. The number of aliphatic carboxylic acids is 2. The van der Waals surface area contributed by atoms with Gasteiger partial charge >= 0.3 is 18.1 Å². The van der Waals surface area contributed by atoms with Gasteiger partial charge in [0.1, 0.15) is 5.75 Å². The minimum absolute atomic E-state index is 0.168. The van der Waals surface area contributed by atoms with Gasteiger partial charge in [-0.3, -0.25) is 4.79 Å². The average molecular weight is 532 g/mol. The molecule has 0 saturated carbocycles. The molecule has 0 aromatic heterocycles. The van der Waals surface area contributed by atoms with Crippen LogP contribution >= 0.6 is 0 Å². The lowest BCUT2D eigenvalue weighted by atomic mass is 9.89. The quantitative estimate of drug-likeness (QED) is 0.237. The molecule has 0 fully saturated rings. The summed E-state index contributed by atoms with van der Waals surface area (Å²) in [5.74, 6) is -2.31. The van der Waals surface area contributed by atoms with E-state index < -0.39 is 18.1 Å². The van der Waals surface area contributed by atoms with Gasteiger partial charge in [-0.1, -0.05) is 72.8 Å². The van der Waals surface area contributed by atoms with Gasteiger partial charge in [-0.15, -0.1) is 0 Å². The number of carboxylic acid groups (broad SMARTS) is 2. The highest BCUT2D eigenvalue weighted by Crippen LogP contribution is 2.28. The van der Waals surface area contributed by atoms with Gasteiger partial charge in [0.2, 0.25) is 0 Å². The lowest BCUT2D eigenvalue weighted by molar-refractivity contribution is -0.192. The summed E-state index contributed by atoms with van der Waals surface area (Å²) in [5, 5.41) is 18.9. The number of carboxylic acids is 2. The molecule has 3 aromatic rings. The van der Waals surface area contributed by atoms with Crippen molar-refractivity contribution in [2.24, 2.45) is 0 Å². The Kier molecular flexibility index (Phi) is 12.9. The van der Waals surface area contributed by atoms with E-state index in [1.807, 2.05) is 12.1 Å². The molecule has 0 aliphatic rings. The number of hydrogen-bond acceptors (Lipinski definition) is 4. The van der Waals surface area contributed by atoms with Crippen molar-refractivity contribution < 1.29 is 37.7 Å². The summed E-state index contributed by atoms with van der Waals surface area (Å²) in [7, 11) is 0. The first-order chi connectivity index (χ1) is 18.2. The molecule has 0 aliphatic carbocycles. The average Bonchev–Trinajstić information content (AvgIpc) is 2.90. The van der Waals surface area contributed by atoms with Crippen LogP contribution in [0.1, 0.15) is 41.9 Å². The number of ether oxygens (including phenoxy) is 1. The van der Waals surface area contributed by atoms with Crippen molar-refractivity contribution >= 4 is 11.9 Å². The Bertz CT molecular complexity index is 1050. The van der Waals surface area contributed by atoms with Gasteiger partial charge in [0.25, 0.3) is 0 Å². The molecule has 6 nitrogen and oxygen atoms in total. The molecule has 0 saturated heterocycles. The predicted octanol–water partition coefficient (Wildman–Crippen LogP) is 5.92. The van der Waals surface area contributed by atoms with Crippen LogP contribution in [0.5, 0.6) is 5.75 Å². The summed E-state index contributed by atoms with van der Waals surface area (Å²) in [4.78, 5) is 19.4. The van der Waals surface area contributed by atoms with Crippen LogP contribution in [0.15, 0.2) is 84.9 Å². The molecule has 204 valence electrons. The summed E-state index contributed by atoms with van der Waals surface area (Å²) in [5.41, 5.74) is 3.88. The van der Waals surface area contributed by atoms with Crippen LogP contribution in [-0.4, -0.2) is 48.0 Å². The maximum Gasteiger partial charge on any atom is 0.490 e. The standard InChI is InChI=1S/C27H31NO3.C2HF3O2/c29-27(30)17-20-28-19-7-8-22-13-15-25(16-14-22)31-21-18-26(23-9-3-1-4-10-23)24-11-5-2-6-12-24;3-2(4,5)1(6)7/h1-6,9-16,26,28H,7-8,17-21H2,(H,29,30);(H,6,7). The van der Waals surface area contributed by atoms with Crippen molar-refractivity contribution in [1.82, 2.24) is 5.32 Å². The fraction of sp³-hybridized carbons (Fsp3) is 0.310. The van der Waals surface area contributed by atoms with Gasteiger partial charge in [-0.2, -0.15) is 13.2 Å². The third kappa shape index (κ3) is 11.9. The second kappa shape index (κ2) is 16.1. The molecule has 0 unspecified atom stereocenters. The van der Waals surface area contributed by atoms with Gasteiger partial charge in [-0.05, 0) is 54.6 Å². The highest BCUT2D eigenvalue weighted by Gasteiger charge is 2.38. The molecule has 9 heteroatoms. The summed E-state index contributed by atoms with van der Waals surface area (Å²) in [6.45, 7) is 2.00. The van der Waals surface area contributed by atoms with Crippen LogP contribution < -0.4 is 10.1 Å². The lowest BCUT2D eigenvalue weighted by Crippen LogP contribution is -2.21. The summed E-state index contributed by atoms with van der Waals surface area (Å²) >= 11 is 0. The normalized spacial score (nSPS) is 10.9. The molecule has 0 spiro atoms. The maximum atomic E-state index is 10.6. The van der Waals surface area contributed by atoms with Crippen molar-refractivity contribution in [2.75, 3.05) is 19.7 Å². The van der Waals surface area contributed by atoms with Crippen molar-refractivity contribution in [2.45, 2.75) is 37.8 Å². The Morgan fingerprint density at radius 1 is 0.816 bits per heavy atom. The monoisotopic (exact) mass is 531 g/mol. The molecule has 3 rings (SSSR count). The van der Waals surface area contributed by atoms with Crippen LogP contribution in [0.3, 0.4) is 0 Å². The van der Waals surface area contributed by atoms with Gasteiger partial charge in [-0.25, -0.2) is 4.79 Å². The fourth-order valence-corrected chi connectivity index (χ4v) is 3.68. The third-order valence-electron chi connectivity index (χ3n) is 5.58.